The number of carbonyl (C=O) groups excluding carboxylic acids is 1. The van der Waals surface area contributed by atoms with Gasteiger partial charge in [-0.1, -0.05) is 12.1 Å². The lowest BCUT2D eigenvalue weighted by atomic mass is 10.0. The van der Waals surface area contributed by atoms with E-state index in [1.54, 1.807) is 12.4 Å². The largest absolute Gasteiger partial charge is 0.378 e. The molecule has 0 aliphatic carbocycles. The fourth-order valence-corrected chi connectivity index (χ4v) is 2.10. The molecule has 1 aromatic carbocycles. The summed E-state index contributed by atoms with van der Waals surface area (Å²) in [7, 11) is 4.00. The lowest BCUT2D eigenvalue weighted by Crippen LogP contribution is -2.48. The van der Waals surface area contributed by atoms with Gasteiger partial charge in [0.2, 0.25) is 0 Å². The molecule has 0 unspecified atom stereocenters. The van der Waals surface area contributed by atoms with E-state index in [1.807, 2.05) is 63.2 Å². The summed E-state index contributed by atoms with van der Waals surface area (Å²) in [4.78, 5) is 18.6. The van der Waals surface area contributed by atoms with Crippen LogP contribution in [0.3, 0.4) is 0 Å². The van der Waals surface area contributed by atoms with Gasteiger partial charge in [-0.2, -0.15) is 0 Å². The van der Waals surface area contributed by atoms with Gasteiger partial charge in [-0.3, -0.25) is 9.78 Å². The van der Waals surface area contributed by atoms with Crippen LogP contribution in [0.1, 0.15) is 24.2 Å². The van der Waals surface area contributed by atoms with Crippen LogP contribution >= 0.6 is 0 Å². The summed E-state index contributed by atoms with van der Waals surface area (Å²) in [5.41, 5.74) is 8.80. The van der Waals surface area contributed by atoms with Gasteiger partial charge in [0.15, 0.2) is 0 Å². The Morgan fingerprint density at radius 3 is 2.39 bits per heavy atom. The molecule has 0 aliphatic rings. The SMILES string of the molecule is CN(C)c1ccc(-c2cncc(C(=O)NC(C)(C)CN)c2)cc1. The van der Waals surface area contributed by atoms with Gasteiger partial charge in [-0.15, -0.1) is 0 Å². The average Bonchev–Trinajstić information content (AvgIpc) is 2.54. The molecule has 1 amide bonds. The monoisotopic (exact) mass is 312 g/mol. The molecule has 5 heteroatoms. The minimum Gasteiger partial charge on any atom is -0.378 e. The molecule has 5 nitrogen and oxygen atoms in total. The predicted octanol–water partition coefficient (Wildman–Crippen LogP) is 2.28. The fraction of sp³-hybridized carbons (Fsp3) is 0.333. The molecular weight excluding hydrogens is 288 g/mol. The molecule has 3 N–H and O–H groups in total. The van der Waals surface area contributed by atoms with Crippen LogP contribution in [0.5, 0.6) is 0 Å². The van der Waals surface area contributed by atoms with Gasteiger partial charge in [0.25, 0.3) is 5.91 Å². The lowest BCUT2D eigenvalue weighted by Gasteiger charge is -2.24. The van der Waals surface area contributed by atoms with Gasteiger partial charge in [0.05, 0.1) is 5.56 Å². The van der Waals surface area contributed by atoms with Crippen LogP contribution in [0.2, 0.25) is 0 Å². The minimum atomic E-state index is -0.444. The highest BCUT2D eigenvalue weighted by Gasteiger charge is 2.19. The number of nitrogens with one attached hydrogen (secondary N) is 1. The second-order valence-corrected chi connectivity index (χ2v) is 6.45. The maximum absolute atomic E-state index is 12.3. The normalized spacial score (nSPS) is 11.2. The average molecular weight is 312 g/mol. The third-order valence-corrected chi connectivity index (χ3v) is 3.68. The molecule has 1 heterocycles. The van der Waals surface area contributed by atoms with E-state index in [2.05, 4.69) is 10.3 Å². The number of aromatic nitrogens is 1. The number of anilines is 1. The molecular formula is C18H24N4O. The van der Waals surface area contributed by atoms with E-state index in [9.17, 15) is 4.79 Å². The molecule has 2 rings (SSSR count). The molecule has 0 spiro atoms. The first-order valence-electron chi connectivity index (χ1n) is 7.58. The number of nitrogens with two attached hydrogens (primary N) is 1. The molecule has 0 atom stereocenters. The topological polar surface area (TPSA) is 71.2 Å². The van der Waals surface area contributed by atoms with E-state index >= 15 is 0 Å². The van der Waals surface area contributed by atoms with Gasteiger partial charge in [-0.05, 0) is 37.6 Å². The van der Waals surface area contributed by atoms with E-state index < -0.39 is 5.54 Å². The highest BCUT2D eigenvalue weighted by atomic mass is 16.1. The second-order valence-electron chi connectivity index (χ2n) is 6.45. The predicted molar refractivity (Wildman–Crippen MR) is 94.6 cm³/mol. The van der Waals surface area contributed by atoms with Crippen molar-refractivity contribution in [2.45, 2.75) is 19.4 Å². The molecule has 0 aliphatic heterocycles. The Kier molecular flexibility index (Phi) is 5.01. The maximum atomic E-state index is 12.3. The zero-order valence-corrected chi connectivity index (χ0v) is 14.1. The van der Waals surface area contributed by atoms with E-state index in [4.69, 9.17) is 5.73 Å². The molecule has 122 valence electrons. The minimum absolute atomic E-state index is 0.167. The Morgan fingerprint density at radius 1 is 1.17 bits per heavy atom. The summed E-state index contributed by atoms with van der Waals surface area (Å²) in [6, 6.07) is 9.98. The van der Waals surface area contributed by atoms with Crippen molar-refractivity contribution in [1.29, 1.82) is 0 Å². The number of pyridine rings is 1. The summed E-state index contributed by atoms with van der Waals surface area (Å²) >= 11 is 0. The van der Waals surface area contributed by atoms with E-state index in [-0.39, 0.29) is 5.91 Å². The number of benzene rings is 1. The van der Waals surface area contributed by atoms with Gasteiger partial charge in [0.1, 0.15) is 0 Å². The van der Waals surface area contributed by atoms with Crippen molar-refractivity contribution in [2.75, 3.05) is 25.5 Å². The zero-order chi connectivity index (χ0) is 17.0. The number of rotatable bonds is 5. The van der Waals surface area contributed by atoms with E-state index in [1.165, 1.54) is 0 Å². The second kappa shape index (κ2) is 6.79. The number of amides is 1. The number of carbonyl (C=O) groups is 1. The Balaban J connectivity index is 2.24. The Labute approximate surface area is 137 Å². The van der Waals surface area contributed by atoms with Crippen molar-refractivity contribution < 1.29 is 4.79 Å². The Morgan fingerprint density at radius 2 is 1.83 bits per heavy atom. The standard InChI is InChI=1S/C18H24N4O/c1-18(2,12-19)21-17(23)15-9-14(10-20-11-15)13-5-7-16(8-6-13)22(3)4/h5-11H,12,19H2,1-4H3,(H,21,23). The van der Waals surface area contributed by atoms with Crippen molar-refractivity contribution >= 4 is 11.6 Å². The van der Waals surface area contributed by atoms with Gasteiger partial charge in [0, 0.05) is 49.8 Å². The third-order valence-electron chi connectivity index (χ3n) is 3.68. The molecule has 0 radical (unpaired) electrons. The van der Waals surface area contributed by atoms with Gasteiger partial charge < -0.3 is 16.0 Å². The van der Waals surface area contributed by atoms with Crippen LogP contribution < -0.4 is 16.0 Å². The van der Waals surface area contributed by atoms with Crippen LogP contribution in [0, 0.1) is 0 Å². The number of nitrogens with zero attached hydrogens (tertiary/aromatic N) is 2. The maximum Gasteiger partial charge on any atom is 0.253 e. The molecule has 0 saturated carbocycles. The summed E-state index contributed by atoms with van der Waals surface area (Å²) < 4.78 is 0. The van der Waals surface area contributed by atoms with Crippen LogP contribution in [-0.2, 0) is 0 Å². The number of hydrogen-bond donors (Lipinski definition) is 2. The summed E-state index contributed by atoms with van der Waals surface area (Å²) in [5, 5.41) is 2.91. The molecule has 0 bridgehead atoms. The summed E-state index contributed by atoms with van der Waals surface area (Å²) in [6.45, 7) is 4.15. The third kappa shape index (κ3) is 4.29. The molecule has 1 aromatic heterocycles. The Bertz CT molecular complexity index is 678. The lowest BCUT2D eigenvalue weighted by molar-refractivity contribution is 0.0915. The highest BCUT2D eigenvalue weighted by molar-refractivity contribution is 5.95. The van der Waals surface area contributed by atoms with Crippen LogP contribution in [-0.4, -0.2) is 37.1 Å². The van der Waals surface area contributed by atoms with Crippen molar-refractivity contribution in [1.82, 2.24) is 10.3 Å². The van der Waals surface area contributed by atoms with E-state index in [0.29, 0.717) is 12.1 Å². The smallest absolute Gasteiger partial charge is 0.253 e. The first-order valence-corrected chi connectivity index (χ1v) is 7.58. The molecule has 23 heavy (non-hydrogen) atoms. The van der Waals surface area contributed by atoms with Crippen LogP contribution in [0.4, 0.5) is 5.69 Å². The van der Waals surface area contributed by atoms with Gasteiger partial charge >= 0.3 is 0 Å². The van der Waals surface area contributed by atoms with Crippen LogP contribution in [0.25, 0.3) is 11.1 Å². The first kappa shape index (κ1) is 17.0. The van der Waals surface area contributed by atoms with Gasteiger partial charge in [-0.25, -0.2) is 0 Å². The van der Waals surface area contributed by atoms with Crippen molar-refractivity contribution in [3.8, 4) is 11.1 Å². The van der Waals surface area contributed by atoms with Crippen molar-refractivity contribution in [2.24, 2.45) is 5.73 Å². The van der Waals surface area contributed by atoms with Crippen molar-refractivity contribution in [3.05, 3.63) is 48.3 Å². The first-order chi connectivity index (χ1) is 10.8. The number of hydrogen-bond acceptors (Lipinski definition) is 4. The van der Waals surface area contributed by atoms with Crippen molar-refractivity contribution in [3.63, 3.8) is 0 Å². The van der Waals surface area contributed by atoms with E-state index in [0.717, 1.165) is 16.8 Å². The Hall–Kier alpha value is -2.40. The summed E-state index contributed by atoms with van der Waals surface area (Å²) in [5.74, 6) is -0.167. The van der Waals surface area contributed by atoms with Crippen LogP contribution in [0.15, 0.2) is 42.7 Å². The summed E-state index contributed by atoms with van der Waals surface area (Å²) in [6.07, 6.45) is 3.33. The zero-order valence-electron chi connectivity index (χ0n) is 14.1. The quantitative estimate of drug-likeness (QED) is 0.888. The molecule has 0 saturated heterocycles. The highest BCUT2D eigenvalue weighted by Crippen LogP contribution is 2.22. The molecule has 0 fully saturated rings. The fourth-order valence-electron chi connectivity index (χ4n) is 2.10. The molecule has 2 aromatic rings.